The summed E-state index contributed by atoms with van der Waals surface area (Å²) in [6.07, 6.45) is 1.23. The van der Waals surface area contributed by atoms with Crippen LogP contribution in [0, 0.1) is 0 Å². The number of amides is 1. The molecule has 1 aromatic rings. The fraction of sp³-hybridized carbons (Fsp3) is 0.533. The Hall–Kier alpha value is -1.56. The number of carbonyl (C=O) groups is 1. The van der Waals surface area contributed by atoms with Crippen LogP contribution in [0.25, 0.3) is 0 Å². The molecule has 2 atom stereocenters. The quantitative estimate of drug-likeness (QED) is 0.907. The molecule has 0 radical (unpaired) electrons. The number of sulfone groups is 1. The van der Waals surface area contributed by atoms with Crippen molar-refractivity contribution in [1.82, 2.24) is 4.90 Å². The zero-order valence-electron chi connectivity index (χ0n) is 12.1. The molecule has 1 N–H and O–H groups in total. The highest BCUT2D eigenvalue weighted by Gasteiger charge is 2.37. The van der Waals surface area contributed by atoms with Gasteiger partial charge in [0, 0.05) is 24.7 Å². The van der Waals surface area contributed by atoms with Gasteiger partial charge in [-0.15, -0.1) is 0 Å². The van der Waals surface area contributed by atoms with Crippen molar-refractivity contribution in [3.05, 3.63) is 29.8 Å². The average Bonchev–Trinajstić information content (AvgIpc) is 3.02. The van der Waals surface area contributed by atoms with Crippen LogP contribution in [0.5, 0.6) is 0 Å². The molecule has 3 rings (SSSR count). The maximum Gasteiger partial charge on any atom is 0.245 e. The lowest BCUT2D eigenvalue weighted by Crippen LogP contribution is -2.48. The smallest absolute Gasteiger partial charge is 0.245 e. The van der Waals surface area contributed by atoms with E-state index < -0.39 is 9.84 Å². The van der Waals surface area contributed by atoms with Crippen molar-refractivity contribution in [3.8, 4) is 0 Å². The molecule has 2 heterocycles. The molecule has 0 bridgehead atoms. The van der Waals surface area contributed by atoms with E-state index in [1.807, 2.05) is 31.2 Å². The lowest BCUT2D eigenvalue weighted by Gasteiger charge is -2.29. The summed E-state index contributed by atoms with van der Waals surface area (Å²) in [5.41, 5.74) is 2.15. The topological polar surface area (TPSA) is 66.5 Å². The minimum Gasteiger partial charge on any atom is -0.373 e. The molecule has 5 nitrogen and oxygen atoms in total. The van der Waals surface area contributed by atoms with Crippen molar-refractivity contribution < 1.29 is 13.2 Å². The molecule has 0 saturated carbocycles. The molecule has 1 unspecified atom stereocenters. The number of carbonyl (C=O) groups excluding carboxylic acids is 1. The Morgan fingerprint density at radius 2 is 2.14 bits per heavy atom. The molecule has 6 heteroatoms. The van der Waals surface area contributed by atoms with E-state index >= 15 is 0 Å². The Labute approximate surface area is 125 Å². The summed E-state index contributed by atoms with van der Waals surface area (Å²) in [4.78, 5) is 14.4. The maximum atomic E-state index is 12.7. The number of hydrogen-bond donors (Lipinski definition) is 1. The number of hydrogen-bond acceptors (Lipinski definition) is 4. The molecule has 1 aromatic carbocycles. The molecule has 0 spiro atoms. The number of para-hydroxylation sites is 1. The molecule has 0 aromatic heterocycles. The van der Waals surface area contributed by atoms with Crippen LogP contribution in [0.4, 0.5) is 5.69 Å². The lowest BCUT2D eigenvalue weighted by atomic mass is 10.1. The van der Waals surface area contributed by atoms with Gasteiger partial charge in [0.2, 0.25) is 5.91 Å². The van der Waals surface area contributed by atoms with Gasteiger partial charge in [0.05, 0.1) is 11.5 Å². The van der Waals surface area contributed by atoms with Crippen LogP contribution < -0.4 is 5.32 Å². The van der Waals surface area contributed by atoms with Gasteiger partial charge in [0.25, 0.3) is 0 Å². The Morgan fingerprint density at radius 1 is 1.38 bits per heavy atom. The van der Waals surface area contributed by atoms with Crippen molar-refractivity contribution in [3.63, 3.8) is 0 Å². The van der Waals surface area contributed by atoms with Gasteiger partial charge in [0.15, 0.2) is 9.84 Å². The number of nitrogens with zero attached hydrogens (tertiary/aromatic N) is 1. The van der Waals surface area contributed by atoms with Gasteiger partial charge >= 0.3 is 0 Å². The monoisotopic (exact) mass is 308 g/mol. The SMILES string of the molecule is CCN(C(=O)[C@@H]1Cc2ccccc2N1)C1CCS(=O)(=O)C1. The number of rotatable bonds is 3. The summed E-state index contributed by atoms with van der Waals surface area (Å²) in [6.45, 7) is 2.46. The Kier molecular flexibility index (Phi) is 3.65. The zero-order chi connectivity index (χ0) is 15.0. The van der Waals surface area contributed by atoms with E-state index in [-0.39, 0.29) is 29.5 Å². The van der Waals surface area contributed by atoms with Gasteiger partial charge in [-0.05, 0) is 25.0 Å². The van der Waals surface area contributed by atoms with E-state index in [0.29, 0.717) is 19.4 Å². The normalized spacial score (nSPS) is 26.1. The van der Waals surface area contributed by atoms with Gasteiger partial charge in [-0.2, -0.15) is 0 Å². The zero-order valence-corrected chi connectivity index (χ0v) is 12.9. The second kappa shape index (κ2) is 5.33. The third-order valence-electron chi connectivity index (χ3n) is 4.34. The van der Waals surface area contributed by atoms with Crippen LogP contribution >= 0.6 is 0 Å². The first-order valence-electron chi connectivity index (χ1n) is 7.35. The maximum absolute atomic E-state index is 12.7. The highest BCUT2D eigenvalue weighted by Crippen LogP contribution is 2.27. The molecule has 1 amide bonds. The summed E-state index contributed by atoms with van der Waals surface area (Å²) in [5.74, 6) is 0.308. The van der Waals surface area contributed by atoms with Crippen molar-refractivity contribution in [2.45, 2.75) is 31.8 Å². The van der Waals surface area contributed by atoms with Crippen LogP contribution in [-0.4, -0.2) is 49.4 Å². The molecule has 1 saturated heterocycles. The van der Waals surface area contributed by atoms with Crippen LogP contribution in [0.2, 0.25) is 0 Å². The van der Waals surface area contributed by atoms with Gasteiger partial charge in [0.1, 0.15) is 6.04 Å². The van der Waals surface area contributed by atoms with Gasteiger partial charge in [-0.3, -0.25) is 4.79 Å². The molecule has 2 aliphatic heterocycles. The summed E-state index contributed by atoms with van der Waals surface area (Å²) < 4.78 is 23.3. The highest BCUT2D eigenvalue weighted by molar-refractivity contribution is 7.91. The summed E-state index contributed by atoms with van der Waals surface area (Å²) >= 11 is 0. The predicted octanol–water partition coefficient (Wildman–Crippen LogP) is 1.06. The van der Waals surface area contributed by atoms with E-state index in [4.69, 9.17) is 0 Å². The summed E-state index contributed by atoms with van der Waals surface area (Å²) in [6, 6.07) is 7.46. The third-order valence-corrected chi connectivity index (χ3v) is 6.09. The fourth-order valence-corrected chi connectivity index (χ4v) is 4.99. The molecule has 1 fully saturated rings. The molecule has 114 valence electrons. The van der Waals surface area contributed by atoms with Gasteiger partial charge < -0.3 is 10.2 Å². The Bertz CT molecular complexity index is 632. The van der Waals surface area contributed by atoms with Crippen LogP contribution in [0.15, 0.2) is 24.3 Å². The Balaban J connectivity index is 1.73. The molecular formula is C15H20N2O3S. The van der Waals surface area contributed by atoms with E-state index in [0.717, 1.165) is 11.3 Å². The van der Waals surface area contributed by atoms with Crippen LogP contribution in [0.1, 0.15) is 18.9 Å². The lowest BCUT2D eigenvalue weighted by molar-refractivity contribution is -0.133. The van der Waals surface area contributed by atoms with Crippen LogP contribution in [-0.2, 0) is 21.1 Å². The standard InChI is InChI=1S/C15H20N2O3S/c1-2-17(12-7-8-21(19,20)10-12)15(18)14-9-11-5-3-4-6-13(11)16-14/h3-6,12,14,16H,2,7-10H2,1H3/t12?,14-/m0/s1. The predicted molar refractivity (Wildman–Crippen MR) is 82.0 cm³/mol. The van der Waals surface area contributed by atoms with E-state index in [1.54, 1.807) is 4.90 Å². The fourth-order valence-electron chi connectivity index (χ4n) is 3.26. The molecular weight excluding hydrogens is 288 g/mol. The third kappa shape index (κ3) is 2.77. The Morgan fingerprint density at radius 3 is 2.76 bits per heavy atom. The first kappa shape index (κ1) is 14.4. The first-order valence-corrected chi connectivity index (χ1v) is 9.17. The molecule has 0 aliphatic carbocycles. The van der Waals surface area contributed by atoms with Gasteiger partial charge in [-0.1, -0.05) is 18.2 Å². The number of likely N-dealkylation sites (N-methyl/N-ethyl adjacent to an activating group) is 1. The van der Waals surface area contributed by atoms with Crippen LogP contribution in [0.3, 0.4) is 0 Å². The van der Waals surface area contributed by atoms with Crippen molar-refractivity contribution >= 4 is 21.4 Å². The number of nitrogens with one attached hydrogen (secondary N) is 1. The second-order valence-electron chi connectivity index (χ2n) is 5.74. The number of anilines is 1. The largest absolute Gasteiger partial charge is 0.373 e. The van der Waals surface area contributed by atoms with E-state index in [9.17, 15) is 13.2 Å². The van der Waals surface area contributed by atoms with Crippen molar-refractivity contribution in [2.24, 2.45) is 0 Å². The molecule has 21 heavy (non-hydrogen) atoms. The average molecular weight is 308 g/mol. The first-order chi connectivity index (χ1) is 10.00. The summed E-state index contributed by atoms with van der Waals surface area (Å²) in [5, 5.41) is 3.25. The molecule has 2 aliphatic rings. The number of fused-ring (bicyclic) bond motifs is 1. The van der Waals surface area contributed by atoms with E-state index in [1.165, 1.54) is 0 Å². The van der Waals surface area contributed by atoms with Crippen molar-refractivity contribution in [2.75, 3.05) is 23.4 Å². The van der Waals surface area contributed by atoms with Crippen molar-refractivity contribution in [1.29, 1.82) is 0 Å². The highest BCUT2D eigenvalue weighted by atomic mass is 32.2. The van der Waals surface area contributed by atoms with E-state index in [2.05, 4.69) is 5.32 Å². The number of benzene rings is 1. The minimum atomic E-state index is -2.98. The minimum absolute atomic E-state index is 0.0100. The van der Waals surface area contributed by atoms with Gasteiger partial charge in [-0.25, -0.2) is 8.42 Å². The summed E-state index contributed by atoms with van der Waals surface area (Å²) in [7, 11) is -2.98. The second-order valence-corrected chi connectivity index (χ2v) is 7.97.